The van der Waals surface area contributed by atoms with Gasteiger partial charge in [0.05, 0.1) is 0 Å². The monoisotopic (exact) mass is 444 g/mol. The zero-order chi connectivity index (χ0) is 17.0. The molecule has 0 radical (unpaired) electrons. The molecule has 2 rings (SSSR count). The molecule has 0 bridgehead atoms. The van der Waals surface area contributed by atoms with Crippen LogP contribution in [0.4, 0.5) is 9.59 Å². The van der Waals surface area contributed by atoms with Crippen LogP contribution >= 0.6 is 67.1 Å². The van der Waals surface area contributed by atoms with E-state index in [1.165, 1.54) is 84.0 Å². The molecular formula is C14H24N2O2S6. The Morgan fingerprint density at radius 3 is 1.38 bits per heavy atom. The Bertz CT molecular complexity index is 353. The Morgan fingerprint density at radius 1 is 0.625 bits per heavy atom. The van der Waals surface area contributed by atoms with Crippen molar-refractivity contribution in [3.63, 3.8) is 0 Å². The highest BCUT2D eigenvalue weighted by molar-refractivity contribution is 8.87. The summed E-state index contributed by atoms with van der Waals surface area (Å²) in [6.07, 6.45) is 7.39. The van der Waals surface area contributed by atoms with Crippen LogP contribution in [0.25, 0.3) is 0 Å². The summed E-state index contributed by atoms with van der Waals surface area (Å²) in [6.45, 7) is 4.13. The normalized spacial score (nSPS) is 20.2. The first-order valence-electron chi connectivity index (χ1n) is 8.27. The lowest BCUT2D eigenvalue weighted by Gasteiger charge is -2.23. The van der Waals surface area contributed by atoms with Crippen molar-refractivity contribution >= 4 is 76.0 Å². The molecular weight excluding hydrogens is 421 g/mol. The first-order chi connectivity index (χ1) is 11.7. The molecule has 10 heteroatoms. The summed E-state index contributed by atoms with van der Waals surface area (Å²) in [4.78, 5) is 23.7. The van der Waals surface area contributed by atoms with Gasteiger partial charge in [0, 0.05) is 61.6 Å². The Balaban J connectivity index is 1.41. The number of rotatable bonds is 7. The highest BCUT2D eigenvalue weighted by Gasteiger charge is 2.17. The van der Waals surface area contributed by atoms with E-state index in [1.54, 1.807) is 21.6 Å². The van der Waals surface area contributed by atoms with Gasteiger partial charge in [-0.15, -0.1) is 0 Å². The second kappa shape index (κ2) is 13.5. The number of carbonyl (C=O) groups is 2. The Morgan fingerprint density at radius 2 is 1.00 bits per heavy atom. The molecule has 4 nitrogen and oxygen atoms in total. The lowest BCUT2D eigenvalue weighted by atomic mass is 10.2. The van der Waals surface area contributed by atoms with Crippen molar-refractivity contribution in [2.45, 2.75) is 38.5 Å². The van der Waals surface area contributed by atoms with Crippen LogP contribution in [-0.4, -0.2) is 55.2 Å². The third-order valence-corrected chi connectivity index (χ3v) is 10.8. The highest BCUT2D eigenvalue weighted by atomic mass is 33.1. The molecule has 2 saturated heterocycles. The molecule has 2 heterocycles. The van der Waals surface area contributed by atoms with Gasteiger partial charge in [0.2, 0.25) is 0 Å². The second-order valence-electron chi connectivity index (χ2n) is 5.47. The minimum absolute atomic E-state index is 0.177. The van der Waals surface area contributed by atoms with Gasteiger partial charge in [-0.25, -0.2) is 8.61 Å². The predicted molar refractivity (Wildman–Crippen MR) is 117 cm³/mol. The fraction of sp³-hybridized carbons (Fsp3) is 0.857. The highest BCUT2D eigenvalue weighted by Crippen LogP contribution is 2.35. The number of carbonyl (C=O) groups excluding carboxylic acids is 2. The number of hydrogen-bond donors (Lipinski definition) is 0. The zero-order valence-corrected chi connectivity index (χ0v) is 18.5. The van der Waals surface area contributed by atoms with E-state index in [0.717, 1.165) is 37.7 Å². The first-order valence-corrected chi connectivity index (χ1v) is 14.5. The second-order valence-corrected chi connectivity index (χ2v) is 12.9. The number of piperidine rings is 2. The number of nitrogens with zero attached hydrogens (tertiary/aromatic N) is 2. The summed E-state index contributed by atoms with van der Waals surface area (Å²) >= 11 is 2.74. The molecule has 2 fully saturated rings. The van der Waals surface area contributed by atoms with E-state index in [9.17, 15) is 9.59 Å². The molecule has 24 heavy (non-hydrogen) atoms. The van der Waals surface area contributed by atoms with Gasteiger partial charge in [0.15, 0.2) is 0 Å². The zero-order valence-electron chi connectivity index (χ0n) is 13.6. The smallest absolute Gasteiger partial charge is 0.271 e. The van der Waals surface area contributed by atoms with E-state index in [1.807, 2.05) is 0 Å². The summed E-state index contributed by atoms with van der Waals surface area (Å²) in [6, 6.07) is 0. The van der Waals surface area contributed by atoms with Crippen LogP contribution in [-0.2, 0) is 0 Å². The van der Waals surface area contributed by atoms with Gasteiger partial charge in [0.1, 0.15) is 0 Å². The Labute approximate surface area is 169 Å². The van der Waals surface area contributed by atoms with Crippen LogP contribution in [0, 0.1) is 0 Å². The average molecular weight is 445 g/mol. The fourth-order valence-electron chi connectivity index (χ4n) is 2.40. The van der Waals surface area contributed by atoms with E-state index in [4.69, 9.17) is 0 Å². The van der Waals surface area contributed by atoms with E-state index < -0.39 is 0 Å². The van der Waals surface area contributed by atoms with E-state index in [0.29, 0.717) is 0 Å². The van der Waals surface area contributed by atoms with Crippen LogP contribution in [0.1, 0.15) is 38.5 Å². The SMILES string of the molecule is O=C(SSCCSSC(=O)SN1CCCCC1)SN1CCCCC1. The van der Waals surface area contributed by atoms with Crippen LogP contribution in [0.15, 0.2) is 0 Å². The summed E-state index contributed by atoms with van der Waals surface area (Å²) in [5.41, 5.74) is 0. The van der Waals surface area contributed by atoms with Crippen LogP contribution < -0.4 is 0 Å². The molecule has 0 amide bonds. The minimum atomic E-state index is 0.177. The molecule has 2 aliphatic rings. The third kappa shape index (κ3) is 9.89. The maximum absolute atomic E-state index is 11.9. The molecule has 0 atom stereocenters. The molecule has 138 valence electrons. The van der Waals surface area contributed by atoms with Gasteiger partial charge in [-0.2, -0.15) is 0 Å². The van der Waals surface area contributed by atoms with Crippen molar-refractivity contribution in [3.05, 3.63) is 0 Å². The lowest BCUT2D eigenvalue weighted by molar-refractivity contribution is 0.274. The van der Waals surface area contributed by atoms with Gasteiger partial charge in [-0.05, 0) is 47.3 Å². The Kier molecular flexibility index (Phi) is 12.2. The molecule has 0 saturated carbocycles. The third-order valence-electron chi connectivity index (χ3n) is 3.54. The minimum Gasteiger partial charge on any atom is -0.272 e. The quantitative estimate of drug-likeness (QED) is 0.255. The molecule has 0 N–H and O–H groups in total. The topological polar surface area (TPSA) is 40.6 Å². The molecule has 0 aromatic carbocycles. The van der Waals surface area contributed by atoms with Gasteiger partial charge in [-0.1, -0.05) is 34.4 Å². The molecule has 0 aliphatic carbocycles. The fourth-order valence-corrected chi connectivity index (χ4v) is 9.20. The van der Waals surface area contributed by atoms with Gasteiger partial charge in [-0.3, -0.25) is 9.59 Å². The molecule has 0 aromatic rings. The van der Waals surface area contributed by atoms with Crippen LogP contribution in [0.3, 0.4) is 0 Å². The van der Waals surface area contributed by atoms with Crippen LogP contribution in [0.5, 0.6) is 0 Å². The largest absolute Gasteiger partial charge is 0.272 e. The standard InChI is InChI=1S/C14H24N2O2S6/c17-13(21-15-7-3-1-4-8-15)23-19-11-12-20-24-14(18)22-16-9-5-2-6-10-16/h1-12H2. The molecule has 2 aliphatic heterocycles. The maximum atomic E-state index is 11.9. The summed E-state index contributed by atoms with van der Waals surface area (Å²) in [5, 5.41) is 0. The van der Waals surface area contributed by atoms with Gasteiger partial charge < -0.3 is 0 Å². The van der Waals surface area contributed by atoms with E-state index >= 15 is 0 Å². The predicted octanol–water partition coefficient (Wildman–Crippen LogP) is 6.26. The first kappa shape index (κ1) is 21.7. The summed E-state index contributed by atoms with van der Waals surface area (Å²) in [5.74, 6) is 1.77. The molecule has 0 unspecified atom stereocenters. The lowest BCUT2D eigenvalue weighted by Crippen LogP contribution is -2.23. The maximum Gasteiger partial charge on any atom is 0.271 e. The molecule has 0 spiro atoms. The van der Waals surface area contributed by atoms with Crippen molar-refractivity contribution in [2.75, 3.05) is 37.7 Å². The van der Waals surface area contributed by atoms with E-state index in [2.05, 4.69) is 8.61 Å². The van der Waals surface area contributed by atoms with Crippen molar-refractivity contribution in [3.8, 4) is 0 Å². The van der Waals surface area contributed by atoms with Crippen molar-refractivity contribution < 1.29 is 9.59 Å². The van der Waals surface area contributed by atoms with Crippen molar-refractivity contribution in [1.29, 1.82) is 0 Å². The Hall–Kier alpha value is 1.36. The average Bonchev–Trinajstić information content (AvgIpc) is 2.60. The van der Waals surface area contributed by atoms with E-state index in [-0.39, 0.29) is 8.89 Å². The number of hydrogen-bond acceptors (Lipinski definition) is 10. The molecule has 0 aromatic heterocycles. The van der Waals surface area contributed by atoms with Crippen molar-refractivity contribution in [2.24, 2.45) is 0 Å². The van der Waals surface area contributed by atoms with Gasteiger partial charge >= 0.3 is 0 Å². The van der Waals surface area contributed by atoms with Crippen molar-refractivity contribution in [1.82, 2.24) is 8.61 Å². The summed E-state index contributed by atoms with van der Waals surface area (Å²) < 4.78 is 4.72. The van der Waals surface area contributed by atoms with Gasteiger partial charge in [0.25, 0.3) is 8.89 Å². The van der Waals surface area contributed by atoms with Crippen LogP contribution in [0.2, 0.25) is 0 Å². The summed E-state index contributed by atoms with van der Waals surface area (Å²) in [7, 11) is 5.86.